The molecule has 2 unspecified atom stereocenters. The van der Waals surface area contributed by atoms with E-state index in [-0.39, 0.29) is 26.1 Å². The summed E-state index contributed by atoms with van der Waals surface area (Å²) in [4.78, 5) is 51.3. The normalized spacial score (nSPS) is 12.8. The summed E-state index contributed by atoms with van der Waals surface area (Å²) in [5.74, 6) is -1.28. The first-order chi connectivity index (χ1) is 15.0. The number of carbonyl (C=O) groups is 4. The molecule has 0 saturated heterocycles. The Morgan fingerprint density at radius 2 is 1.69 bits per heavy atom. The van der Waals surface area contributed by atoms with E-state index in [1.807, 2.05) is 6.07 Å². The first-order valence-corrected chi connectivity index (χ1v) is 10.8. The number of nitrogens with zero attached hydrogens (tertiary/aromatic N) is 1. The molecule has 32 heavy (non-hydrogen) atoms. The van der Waals surface area contributed by atoms with Crippen LogP contribution in [0.4, 0.5) is 4.79 Å². The van der Waals surface area contributed by atoms with E-state index < -0.39 is 41.6 Å². The number of alkyl carbamates (subject to hydrolysis) is 1. The van der Waals surface area contributed by atoms with Gasteiger partial charge in [-0.2, -0.15) is 0 Å². The Morgan fingerprint density at radius 1 is 1.06 bits per heavy atom. The molecule has 0 fully saturated rings. The Balaban J connectivity index is 3.00. The topological polar surface area (TPSA) is 114 Å². The molecule has 9 heteroatoms. The van der Waals surface area contributed by atoms with E-state index in [0.717, 1.165) is 0 Å². The maximum atomic E-state index is 13.2. The van der Waals surface area contributed by atoms with Crippen LogP contribution in [-0.2, 0) is 23.9 Å². The molecule has 0 heterocycles. The molecule has 2 atom stereocenters. The second kappa shape index (κ2) is 12.7. The van der Waals surface area contributed by atoms with Gasteiger partial charge < -0.3 is 25.0 Å². The van der Waals surface area contributed by atoms with Crippen molar-refractivity contribution in [3.05, 3.63) is 35.9 Å². The van der Waals surface area contributed by atoms with Crippen molar-refractivity contribution in [2.75, 3.05) is 19.7 Å². The molecule has 1 aromatic carbocycles. The lowest BCUT2D eigenvalue weighted by Crippen LogP contribution is -2.52. The maximum absolute atomic E-state index is 13.2. The summed E-state index contributed by atoms with van der Waals surface area (Å²) in [6.45, 7) is 10.7. The van der Waals surface area contributed by atoms with Crippen molar-refractivity contribution >= 4 is 23.9 Å². The summed E-state index contributed by atoms with van der Waals surface area (Å²) in [6, 6.07) is 7.00. The van der Waals surface area contributed by atoms with Crippen molar-refractivity contribution in [2.24, 2.45) is 0 Å². The SMILES string of the molecule is CCOC(=O)CCNC(=O)C(c1ccccc1)N(CC)C(=O)C(C)NC(=O)OC(C)(C)C. The minimum Gasteiger partial charge on any atom is -0.466 e. The van der Waals surface area contributed by atoms with Crippen LogP contribution in [0.1, 0.15) is 59.6 Å². The van der Waals surface area contributed by atoms with Crippen LogP contribution < -0.4 is 10.6 Å². The Labute approximate surface area is 189 Å². The van der Waals surface area contributed by atoms with Gasteiger partial charge in [-0.1, -0.05) is 30.3 Å². The van der Waals surface area contributed by atoms with E-state index in [0.29, 0.717) is 5.56 Å². The van der Waals surface area contributed by atoms with Crippen molar-refractivity contribution in [3.8, 4) is 0 Å². The third-order valence-corrected chi connectivity index (χ3v) is 4.34. The molecule has 0 spiro atoms. The van der Waals surface area contributed by atoms with E-state index >= 15 is 0 Å². The maximum Gasteiger partial charge on any atom is 0.408 e. The molecule has 0 saturated carbocycles. The number of ether oxygens (including phenoxy) is 2. The number of hydrogen-bond donors (Lipinski definition) is 2. The van der Waals surface area contributed by atoms with Crippen molar-refractivity contribution in [3.63, 3.8) is 0 Å². The molecule has 9 nitrogen and oxygen atoms in total. The van der Waals surface area contributed by atoms with Crippen LogP contribution in [0.5, 0.6) is 0 Å². The third-order valence-electron chi connectivity index (χ3n) is 4.34. The summed E-state index contributed by atoms with van der Waals surface area (Å²) in [6.07, 6.45) is -0.692. The number of nitrogens with one attached hydrogen (secondary N) is 2. The van der Waals surface area contributed by atoms with Gasteiger partial charge in [0, 0.05) is 13.1 Å². The molecule has 178 valence electrons. The van der Waals surface area contributed by atoms with Crippen LogP contribution in [-0.4, -0.2) is 60.1 Å². The Bertz CT molecular complexity index is 776. The minimum atomic E-state index is -0.932. The molecule has 0 aliphatic rings. The van der Waals surface area contributed by atoms with Crippen LogP contribution in [0, 0.1) is 0 Å². The predicted octanol–water partition coefficient (Wildman–Crippen LogP) is 2.56. The molecule has 2 N–H and O–H groups in total. The van der Waals surface area contributed by atoms with E-state index in [9.17, 15) is 19.2 Å². The smallest absolute Gasteiger partial charge is 0.408 e. The standard InChI is InChI=1S/C23H35N3O6/c1-7-26(21(29)16(3)25-22(30)32-23(4,5)6)19(17-12-10-9-11-13-17)20(28)24-15-14-18(27)31-8-2/h9-13,16,19H,7-8,14-15H2,1-6H3,(H,24,28)(H,25,30). The summed E-state index contributed by atoms with van der Waals surface area (Å²) < 4.78 is 10.1. The van der Waals surface area contributed by atoms with Gasteiger partial charge in [0.1, 0.15) is 17.7 Å². The van der Waals surface area contributed by atoms with Crippen molar-refractivity contribution in [2.45, 2.75) is 65.6 Å². The van der Waals surface area contributed by atoms with Crippen LogP contribution >= 0.6 is 0 Å². The zero-order chi connectivity index (χ0) is 24.3. The summed E-state index contributed by atoms with van der Waals surface area (Å²) in [5, 5.41) is 5.23. The number of rotatable bonds is 10. The molecule has 0 bridgehead atoms. The van der Waals surface area contributed by atoms with Gasteiger partial charge in [-0.15, -0.1) is 0 Å². The van der Waals surface area contributed by atoms with Crippen molar-refractivity contribution in [1.29, 1.82) is 0 Å². The van der Waals surface area contributed by atoms with E-state index in [1.54, 1.807) is 58.9 Å². The first-order valence-electron chi connectivity index (χ1n) is 10.8. The zero-order valence-corrected chi connectivity index (χ0v) is 19.8. The van der Waals surface area contributed by atoms with Crippen LogP contribution in [0.2, 0.25) is 0 Å². The fourth-order valence-electron chi connectivity index (χ4n) is 2.99. The van der Waals surface area contributed by atoms with Crippen molar-refractivity contribution < 1.29 is 28.7 Å². The molecule has 3 amide bonds. The molecule has 0 aliphatic heterocycles. The lowest BCUT2D eigenvalue weighted by Gasteiger charge is -2.32. The van der Waals surface area contributed by atoms with E-state index in [1.165, 1.54) is 11.8 Å². The average Bonchev–Trinajstić information content (AvgIpc) is 2.70. The van der Waals surface area contributed by atoms with Gasteiger partial charge in [0.2, 0.25) is 11.8 Å². The van der Waals surface area contributed by atoms with Crippen LogP contribution in [0.3, 0.4) is 0 Å². The average molecular weight is 450 g/mol. The van der Waals surface area contributed by atoms with E-state index in [2.05, 4.69) is 10.6 Å². The van der Waals surface area contributed by atoms with Crippen molar-refractivity contribution in [1.82, 2.24) is 15.5 Å². The molecule has 0 radical (unpaired) electrons. The second-order valence-electron chi connectivity index (χ2n) is 8.15. The van der Waals surface area contributed by atoms with E-state index in [4.69, 9.17) is 9.47 Å². The molecular weight excluding hydrogens is 414 g/mol. The van der Waals surface area contributed by atoms with Gasteiger partial charge in [-0.25, -0.2) is 4.79 Å². The van der Waals surface area contributed by atoms with Gasteiger partial charge in [0.15, 0.2) is 0 Å². The molecular formula is C23H35N3O6. The van der Waals surface area contributed by atoms with Gasteiger partial charge in [0.25, 0.3) is 0 Å². The number of benzene rings is 1. The summed E-state index contributed by atoms with van der Waals surface area (Å²) >= 11 is 0. The summed E-state index contributed by atoms with van der Waals surface area (Å²) in [7, 11) is 0. The number of amides is 3. The molecule has 1 rings (SSSR count). The molecule has 0 aromatic heterocycles. The highest BCUT2D eigenvalue weighted by Gasteiger charge is 2.33. The first kappa shape index (κ1) is 26.9. The fraction of sp³-hybridized carbons (Fsp3) is 0.565. The Kier molecular flexibility index (Phi) is 10.7. The van der Waals surface area contributed by atoms with Gasteiger partial charge in [-0.3, -0.25) is 14.4 Å². The summed E-state index contributed by atoms with van der Waals surface area (Å²) in [5.41, 5.74) is -0.0938. The largest absolute Gasteiger partial charge is 0.466 e. The Hall–Kier alpha value is -3.10. The Morgan fingerprint density at radius 3 is 2.22 bits per heavy atom. The van der Waals surface area contributed by atoms with Gasteiger partial charge in [-0.05, 0) is 47.1 Å². The highest BCUT2D eigenvalue weighted by molar-refractivity contribution is 5.92. The zero-order valence-electron chi connectivity index (χ0n) is 19.8. The number of carbonyl (C=O) groups excluding carboxylic acids is 4. The highest BCUT2D eigenvalue weighted by Crippen LogP contribution is 2.22. The van der Waals surface area contributed by atoms with Crippen LogP contribution in [0.15, 0.2) is 30.3 Å². The molecule has 1 aromatic rings. The third kappa shape index (κ3) is 8.95. The predicted molar refractivity (Wildman–Crippen MR) is 120 cm³/mol. The number of hydrogen-bond acceptors (Lipinski definition) is 6. The van der Waals surface area contributed by atoms with Gasteiger partial charge in [0.05, 0.1) is 13.0 Å². The monoisotopic (exact) mass is 449 g/mol. The second-order valence-corrected chi connectivity index (χ2v) is 8.15. The van der Waals surface area contributed by atoms with Gasteiger partial charge >= 0.3 is 12.1 Å². The highest BCUT2D eigenvalue weighted by atomic mass is 16.6. The number of likely N-dealkylation sites (N-methyl/N-ethyl adjacent to an activating group) is 1. The lowest BCUT2D eigenvalue weighted by atomic mass is 10.0. The minimum absolute atomic E-state index is 0.0256. The fourth-order valence-corrected chi connectivity index (χ4v) is 2.99. The van der Waals surface area contributed by atoms with Crippen LogP contribution in [0.25, 0.3) is 0 Å². The lowest BCUT2D eigenvalue weighted by molar-refractivity contribution is -0.144. The quantitative estimate of drug-likeness (QED) is 0.531. The molecule has 0 aliphatic carbocycles. The number of esters is 1.